The first-order valence-corrected chi connectivity index (χ1v) is 12.1. The molecule has 1 heterocycles. The molecule has 1 aliphatic heterocycles. The van der Waals surface area contributed by atoms with Gasteiger partial charge in [0.1, 0.15) is 12.4 Å². The fourth-order valence-electron chi connectivity index (χ4n) is 3.43. The number of esters is 1. The van der Waals surface area contributed by atoms with E-state index in [0.29, 0.717) is 40.5 Å². The van der Waals surface area contributed by atoms with E-state index in [2.05, 4.69) is 32.9 Å². The predicted octanol–water partition coefficient (Wildman–Crippen LogP) is 5.71. The van der Waals surface area contributed by atoms with Crippen molar-refractivity contribution in [2.24, 2.45) is 4.99 Å². The lowest BCUT2D eigenvalue weighted by Crippen LogP contribution is -2.07. The molecular weight excluding hydrogens is 578 g/mol. The first-order valence-electron chi connectivity index (χ1n) is 11.1. The minimum Gasteiger partial charge on any atom is -0.490 e. The van der Waals surface area contributed by atoms with Crippen LogP contribution in [0.4, 0.5) is 10.1 Å². The van der Waals surface area contributed by atoms with E-state index in [0.717, 1.165) is 3.57 Å². The molecule has 184 valence electrons. The van der Waals surface area contributed by atoms with Crippen molar-refractivity contribution in [1.82, 2.24) is 0 Å². The highest BCUT2D eigenvalue weighted by Crippen LogP contribution is 2.36. The normalized spacial score (nSPS) is 13.8. The molecule has 0 fully saturated rings. The average Bonchev–Trinajstić information content (AvgIpc) is 3.20. The van der Waals surface area contributed by atoms with Crippen molar-refractivity contribution in [2.45, 2.75) is 20.5 Å². The number of ether oxygens (including phenoxy) is 3. The molecule has 0 radical (unpaired) electrons. The Balaban J connectivity index is 1.58. The summed E-state index contributed by atoms with van der Waals surface area (Å²) in [4.78, 5) is 28.0. The molecule has 0 saturated carbocycles. The number of aliphatic imine (C=N–C) groups is 1. The van der Waals surface area contributed by atoms with Crippen molar-refractivity contribution in [3.63, 3.8) is 0 Å². The van der Waals surface area contributed by atoms with Gasteiger partial charge in [-0.25, -0.2) is 14.2 Å². The molecule has 3 aromatic carbocycles. The van der Waals surface area contributed by atoms with Gasteiger partial charge in [0.25, 0.3) is 0 Å². The number of benzene rings is 3. The van der Waals surface area contributed by atoms with Gasteiger partial charge >= 0.3 is 5.97 Å². The third-order valence-corrected chi connectivity index (χ3v) is 5.84. The van der Waals surface area contributed by atoms with Crippen molar-refractivity contribution >= 4 is 52.1 Å². The van der Waals surface area contributed by atoms with Gasteiger partial charge in [-0.05, 0) is 83.6 Å². The smallest absolute Gasteiger partial charge is 0.363 e. The van der Waals surface area contributed by atoms with Gasteiger partial charge in [0, 0.05) is 23.7 Å². The van der Waals surface area contributed by atoms with E-state index in [4.69, 9.17) is 14.2 Å². The molecule has 1 aliphatic rings. The van der Waals surface area contributed by atoms with Crippen LogP contribution in [0, 0.1) is 9.39 Å². The summed E-state index contributed by atoms with van der Waals surface area (Å²) in [5.41, 5.74) is 2.46. The maximum atomic E-state index is 14.0. The van der Waals surface area contributed by atoms with Crippen LogP contribution in [-0.2, 0) is 20.9 Å². The number of anilines is 1. The molecule has 1 amide bonds. The lowest BCUT2D eigenvalue weighted by Gasteiger charge is -2.15. The molecular formula is C27H22FIN2O5. The van der Waals surface area contributed by atoms with E-state index in [1.165, 1.54) is 13.0 Å². The van der Waals surface area contributed by atoms with Crippen molar-refractivity contribution in [2.75, 3.05) is 11.9 Å². The van der Waals surface area contributed by atoms with E-state index in [1.807, 2.05) is 13.0 Å². The van der Waals surface area contributed by atoms with Gasteiger partial charge in [-0.1, -0.05) is 18.2 Å². The molecule has 0 atom stereocenters. The number of amides is 1. The second kappa shape index (κ2) is 11.3. The predicted molar refractivity (Wildman–Crippen MR) is 142 cm³/mol. The SMILES string of the molecule is CCOc1cc(/C=C2\N=C(c3ccc(NC(C)=O)cc3)OC2=O)cc(I)c1OCc1ccccc1F. The molecule has 0 bridgehead atoms. The summed E-state index contributed by atoms with van der Waals surface area (Å²) in [6, 6.07) is 16.8. The number of hydrogen-bond donors (Lipinski definition) is 1. The lowest BCUT2D eigenvalue weighted by molar-refractivity contribution is -0.129. The lowest BCUT2D eigenvalue weighted by atomic mass is 10.1. The second-order valence-corrected chi connectivity index (χ2v) is 8.90. The summed E-state index contributed by atoms with van der Waals surface area (Å²) >= 11 is 2.11. The third-order valence-electron chi connectivity index (χ3n) is 5.04. The molecule has 0 aliphatic carbocycles. The van der Waals surface area contributed by atoms with Gasteiger partial charge in [-0.3, -0.25) is 4.79 Å². The molecule has 4 rings (SSSR count). The van der Waals surface area contributed by atoms with Crippen LogP contribution in [0.5, 0.6) is 11.5 Å². The number of rotatable bonds is 8. The van der Waals surface area contributed by atoms with Crippen LogP contribution < -0.4 is 14.8 Å². The Bertz CT molecular complexity index is 1370. The van der Waals surface area contributed by atoms with Gasteiger partial charge in [-0.15, -0.1) is 0 Å². The number of hydrogen-bond acceptors (Lipinski definition) is 6. The Kier molecular flexibility index (Phi) is 7.99. The maximum Gasteiger partial charge on any atom is 0.363 e. The van der Waals surface area contributed by atoms with Crippen LogP contribution in [0.3, 0.4) is 0 Å². The molecule has 1 N–H and O–H groups in total. The Hall–Kier alpha value is -3.73. The second-order valence-electron chi connectivity index (χ2n) is 7.74. The zero-order valence-corrected chi connectivity index (χ0v) is 21.7. The molecule has 0 unspecified atom stereocenters. The fourth-order valence-corrected chi connectivity index (χ4v) is 4.21. The number of nitrogens with one attached hydrogen (secondary N) is 1. The van der Waals surface area contributed by atoms with Crippen LogP contribution >= 0.6 is 22.6 Å². The molecule has 0 spiro atoms. The van der Waals surface area contributed by atoms with Gasteiger partial charge in [-0.2, -0.15) is 0 Å². The van der Waals surface area contributed by atoms with Crippen molar-refractivity contribution in [3.05, 3.63) is 92.4 Å². The van der Waals surface area contributed by atoms with Gasteiger partial charge in [0.05, 0.1) is 10.2 Å². The monoisotopic (exact) mass is 600 g/mol. The summed E-state index contributed by atoms with van der Waals surface area (Å²) in [5.74, 6) is 0.0262. The van der Waals surface area contributed by atoms with Gasteiger partial charge in [0.15, 0.2) is 17.2 Å². The zero-order valence-electron chi connectivity index (χ0n) is 19.5. The van der Waals surface area contributed by atoms with Crippen LogP contribution in [0.25, 0.3) is 6.08 Å². The van der Waals surface area contributed by atoms with Crippen LogP contribution in [-0.4, -0.2) is 24.4 Å². The molecule has 0 aromatic heterocycles. The summed E-state index contributed by atoms with van der Waals surface area (Å²) < 4.78 is 31.7. The number of halogens is 2. The maximum absolute atomic E-state index is 14.0. The summed E-state index contributed by atoms with van der Waals surface area (Å²) in [6.07, 6.45) is 1.60. The molecule has 7 nitrogen and oxygen atoms in total. The first-order chi connectivity index (χ1) is 17.3. The number of nitrogens with zero attached hydrogens (tertiary/aromatic N) is 1. The van der Waals surface area contributed by atoms with Crippen LogP contribution in [0.2, 0.25) is 0 Å². The van der Waals surface area contributed by atoms with E-state index < -0.39 is 5.97 Å². The number of carbonyl (C=O) groups is 2. The Morgan fingerprint density at radius 1 is 1.14 bits per heavy atom. The summed E-state index contributed by atoms with van der Waals surface area (Å²) in [5, 5.41) is 2.68. The van der Waals surface area contributed by atoms with Gasteiger partial charge < -0.3 is 19.5 Å². The minimum absolute atomic E-state index is 0.0455. The molecule has 0 saturated heterocycles. The molecule has 36 heavy (non-hydrogen) atoms. The zero-order chi connectivity index (χ0) is 25.7. The summed E-state index contributed by atoms with van der Waals surface area (Å²) in [6.45, 7) is 3.71. The van der Waals surface area contributed by atoms with E-state index in [9.17, 15) is 14.0 Å². The highest BCUT2D eigenvalue weighted by molar-refractivity contribution is 14.1. The average molecular weight is 600 g/mol. The van der Waals surface area contributed by atoms with Crippen molar-refractivity contribution in [1.29, 1.82) is 0 Å². The largest absolute Gasteiger partial charge is 0.490 e. The van der Waals surface area contributed by atoms with E-state index >= 15 is 0 Å². The van der Waals surface area contributed by atoms with Gasteiger partial charge in [0.2, 0.25) is 11.8 Å². The van der Waals surface area contributed by atoms with Crippen LogP contribution in [0.1, 0.15) is 30.5 Å². The Morgan fingerprint density at radius 3 is 2.58 bits per heavy atom. The quantitative estimate of drug-likeness (QED) is 0.204. The van der Waals surface area contributed by atoms with Crippen molar-refractivity contribution < 1.29 is 28.2 Å². The Labute approximate surface area is 221 Å². The summed E-state index contributed by atoms with van der Waals surface area (Å²) in [7, 11) is 0. The molecule has 9 heteroatoms. The minimum atomic E-state index is -0.580. The highest BCUT2D eigenvalue weighted by atomic mass is 127. The number of carbonyl (C=O) groups excluding carboxylic acids is 2. The Morgan fingerprint density at radius 2 is 1.89 bits per heavy atom. The van der Waals surface area contributed by atoms with E-state index in [1.54, 1.807) is 54.6 Å². The van der Waals surface area contributed by atoms with E-state index in [-0.39, 0.29) is 29.9 Å². The fraction of sp³-hybridized carbons (Fsp3) is 0.148. The standard InChI is InChI=1S/C27H22FIN2O5/c1-3-34-24-14-17(12-22(29)25(24)35-15-19-6-4-5-7-21(19)28)13-23-27(33)36-26(31-23)18-8-10-20(11-9-18)30-16(2)32/h4-14H,3,15H2,1-2H3,(H,30,32)/b23-13-. The van der Waals surface area contributed by atoms with Crippen LogP contribution in [0.15, 0.2) is 71.4 Å². The van der Waals surface area contributed by atoms with Crippen molar-refractivity contribution in [3.8, 4) is 11.5 Å². The topological polar surface area (TPSA) is 86.2 Å². The first kappa shape index (κ1) is 25.4. The highest BCUT2D eigenvalue weighted by Gasteiger charge is 2.24. The number of cyclic esters (lactones) is 1. The third kappa shape index (κ3) is 6.09. The molecule has 3 aromatic rings.